The quantitative estimate of drug-likeness (QED) is 0.618. The number of nitrogens with one attached hydrogen (secondary N) is 1. The molecule has 7 nitrogen and oxygen atoms in total. The first-order valence-electron chi connectivity index (χ1n) is 11.6. The van der Waals surface area contributed by atoms with Crippen LogP contribution in [0.3, 0.4) is 0 Å². The molecule has 1 heterocycles. The Labute approximate surface area is 185 Å². The van der Waals surface area contributed by atoms with Gasteiger partial charge in [-0.3, -0.25) is 10.1 Å². The molecule has 1 aromatic rings. The maximum absolute atomic E-state index is 11.7. The summed E-state index contributed by atoms with van der Waals surface area (Å²) in [6, 6.07) is 8.10. The molecule has 168 valence electrons. The van der Waals surface area contributed by atoms with E-state index in [4.69, 9.17) is 4.74 Å². The summed E-state index contributed by atoms with van der Waals surface area (Å²) in [4.78, 5) is 27.6. The molecule has 1 saturated carbocycles. The van der Waals surface area contributed by atoms with Gasteiger partial charge in [0.05, 0.1) is 17.9 Å². The highest BCUT2D eigenvalue weighted by molar-refractivity contribution is 5.85. The van der Waals surface area contributed by atoms with E-state index < -0.39 is 6.09 Å². The van der Waals surface area contributed by atoms with Crippen molar-refractivity contribution in [2.45, 2.75) is 64.3 Å². The Morgan fingerprint density at radius 3 is 2.81 bits per heavy atom. The maximum Gasteiger partial charge on any atom is 0.411 e. The largest absolute Gasteiger partial charge is 0.450 e. The predicted octanol–water partition coefficient (Wildman–Crippen LogP) is 4.52. The van der Waals surface area contributed by atoms with Gasteiger partial charge < -0.3 is 14.5 Å². The average molecular weight is 427 g/mol. The number of anilines is 2. The minimum Gasteiger partial charge on any atom is -0.450 e. The molecular formula is C24H34N4O3. The Balaban J connectivity index is 1.59. The average Bonchev–Trinajstić information content (AvgIpc) is 2.80. The highest BCUT2D eigenvalue weighted by atomic mass is 16.5. The molecule has 1 aliphatic carbocycles. The number of benzene rings is 1. The van der Waals surface area contributed by atoms with E-state index in [1.807, 2.05) is 17.0 Å². The van der Waals surface area contributed by atoms with E-state index in [0.29, 0.717) is 29.8 Å². The van der Waals surface area contributed by atoms with Crippen LogP contribution in [0.2, 0.25) is 0 Å². The third kappa shape index (κ3) is 6.36. The lowest BCUT2D eigenvalue weighted by atomic mass is 9.91. The molecule has 1 aromatic carbocycles. The summed E-state index contributed by atoms with van der Waals surface area (Å²) >= 11 is 0. The lowest BCUT2D eigenvalue weighted by molar-refractivity contribution is -0.121. The number of hydrogen-bond donors (Lipinski definition) is 1. The van der Waals surface area contributed by atoms with Gasteiger partial charge in [0.2, 0.25) is 6.41 Å². The molecule has 0 radical (unpaired) electrons. The summed E-state index contributed by atoms with van der Waals surface area (Å²) in [5, 5.41) is 12.3. The number of hydrogen-bond acceptors (Lipinski definition) is 5. The summed E-state index contributed by atoms with van der Waals surface area (Å²) in [6.07, 6.45) is 9.75. The highest BCUT2D eigenvalue weighted by Gasteiger charge is 2.25. The van der Waals surface area contributed by atoms with Crippen molar-refractivity contribution in [3.63, 3.8) is 0 Å². The number of piperidine rings is 1. The molecule has 2 fully saturated rings. The van der Waals surface area contributed by atoms with Gasteiger partial charge in [-0.1, -0.05) is 19.3 Å². The fraction of sp³-hybridized carbons (Fsp3) is 0.625. The molecule has 31 heavy (non-hydrogen) atoms. The zero-order chi connectivity index (χ0) is 22.1. The molecule has 2 aliphatic rings. The monoisotopic (exact) mass is 426 g/mol. The topological polar surface area (TPSA) is 85.7 Å². The minimum absolute atomic E-state index is 0.298. The third-order valence-electron chi connectivity index (χ3n) is 6.47. The number of nitriles is 1. The summed E-state index contributed by atoms with van der Waals surface area (Å²) in [5.74, 6) is 0.503. The molecule has 0 spiro atoms. The maximum atomic E-state index is 11.7. The van der Waals surface area contributed by atoms with Crippen LogP contribution in [0.25, 0.3) is 0 Å². The van der Waals surface area contributed by atoms with E-state index in [0.717, 1.165) is 63.8 Å². The SMILES string of the molecule is CCOC(=O)Nc1ccc(N2CCCC(CCN(C=O)C3CCCCC3)C2)c(C#N)c1. The Morgan fingerprint density at radius 1 is 1.29 bits per heavy atom. The smallest absolute Gasteiger partial charge is 0.411 e. The van der Waals surface area contributed by atoms with E-state index in [9.17, 15) is 14.9 Å². The first-order chi connectivity index (χ1) is 15.1. The van der Waals surface area contributed by atoms with Crippen molar-refractivity contribution in [3.8, 4) is 6.07 Å². The minimum atomic E-state index is -0.519. The molecule has 1 saturated heterocycles. The molecule has 3 rings (SSSR count). The van der Waals surface area contributed by atoms with Crippen molar-refractivity contribution >= 4 is 23.9 Å². The Kier molecular flexibility index (Phi) is 8.57. The standard InChI is InChI=1S/C24H34N4O3/c1-2-31-24(30)26-21-10-11-23(20(15-21)16-25)27-13-6-7-19(17-27)12-14-28(18-29)22-8-4-3-5-9-22/h10-11,15,18-19,22H,2-9,12-14,17H2,1H3,(H,26,30). The van der Waals surface area contributed by atoms with E-state index in [2.05, 4.69) is 16.3 Å². The van der Waals surface area contributed by atoms with Crippen molar-refractivity contribution in [2.24, 2.45) is 5.92 Å². The second-order valence-corrected chi connectivity index (χ2v) is 8.57. The molecule has 1 aliphatic heterocycles. The van der Waals surface area contributed by atoms with Crippen LogP contribution in [-0.4, -0.2) is 49.7 Å². The molecular weight excluding hydrogens is 392 g/mol. The van der Waals surface area contributed by atoms with Gasteiger partial charge in [0.1, 0.15) is 6.07 Å². The number of nitrogens with zero attached hydrogens (tertiary/aromatic N) is 3. The molecule has 1 atom stereocenters. The molecule has 1 N–H and O–H groups in total. The van der Waals surface area contributed by atoms with Gasteiger partial charge in [-0.05, 0) is 63.1 Å². The Hall–Kier alpha value is -2.75. The van der Waals surface area contributed by atoms with Crippen molar-refractivity contribution in [1.82, 2.24) is 4.90 Å². The zero-order valence-corrected chi connectivity index (χ0v) is 18.5. The van der Waals surface area contributed by atoms with Crippen LogP contribution in [0.5, 0.6) is 0 Å². The Morgan fingerprint density at radius 2 is 2.10 bits per heavy atom. The summed E-state index contributed by atoms with van der Waals surface area (Å²) in [6.45, 7) is 4.67. The van der Waals surface area contributed by atoms with Gasteiger partial charge in [-0.15, -0.1) is 0 Å². The van der Waals surface area contributed by atoms with Gasteiger partial charge in [-0.2, -0.15) is 5.26 Å². The Bertz CT molecular complexity index is 786. The first kappa shape index (κ1) is 22.9. The van der Waals surface area contributed by atoms with Crippen molar-refractivity contribution in [1.29, 1.82) is 5.26 Å². The molecule has 0 aromatic heterocycles. The lowest BCUT2D eigenvalue weighted by Gasteiger charge is -2.37. The van der Waals surface area contributed by atoms with Gasteiger partial charge in [0.25, 0.3) is 0 Å². The zero-order valence-electron chi connectivity index (χ0n) is 18.5. The summed E-state index contributed by atoms with van der Waals surface area (Å²) < 4.78 is 4.91. The number of ether oxygens (including phenoxy) is 1. The van der Waals surface area contributed by atoms with Gasteiger partial charge in [0, 0.05) is 31.4 Å². The van der Waals surface area contributed by atoms with Gasteiger partial charge >= 0.3 is 6.09 Å². The van der Waals surface area contributed by atoms with Crippen LogP contribution in [-0.2, 0) is 9.53 Å². The van der Waals surface area contributed by atoms with Crippen molar-refractivity contribution in [2.75, 3.05) is 36.5 Å². The van der Waals surface area contributed by atoms with Crippen LogP contribution in [0.4, 0.5) is 16.2 Å². The summed E-state index contributed by atoms with van der Waals surface area (Å²) in [5.41, 5.74) is 2.01. The summed E-state index contributed by atoms with van der Waals surface area (Å²) in [7, 11) is 0. The van der Waals surface area contributed by atoms with E-state index in [1.165, 1.54) is 19.3 Å². The highest BCUT2D eigenvalue weighted by Crippen LogP contribution is 2.30. The van der Waals surface area contributed by atoms with Crippen LogP contribution in [0.1, 0.15) is 63.9 Å². The van der Waals surface area contributed by atoms with Gasteiger partial charge in [0.15, 0.2) is 0 Å². The number of rotatable bonds is 8. The number of carbonyl (C=O) groups excluding carboxylic acids is 2. The third-order valence-corrected chi connectivity index (χ3v) is 6.47. The second-order valence-electron chi connectivity index (χ2n) is 8.57. The van der Waals surface area contributed by atoms with Crippen LogP contribution in [0, 0.1) is 17.2 Å². The first-order valence-corrected chi connectivity index (χ1v) is 11.6. The van der Waals surface area contributed by atoms with Crippen molar-refractivity contribution < 1.29 is 14.3 Å². The predicted molar refractivity (Wildman–Crippen MR) is 121 cm³/mol. The van der Waals surface area contributed by atoms with Crippen molar-refractivity contribution in [3.05, 3.63) is 23.8 Å². The molecule has 1 unspecified atom stereocenters. The normalized spacial score (nSPS) is 19.4. The van der Waals surface area contributed by atoms with E-state index in [1.54, 1.807) is 13.0 Å². The fourth-order valence-corrected chi connectivity index (χ4v) is 4.85. The second kappa shape index (κ2) is 11.6. The fourth-order valence-electron chi connectivity index (χ4n) is 4.85. The molecule has 0 bridgehead atoms. The van der Waals surface area contributed by atoms with Crippen LogP contribution >= 0.6 is 0 Å². The van der Waals surface area contributed by atoms with E-state index >= 15 is 0 Å². The molecule has 7 heteroatoms. The lowest BCUT2D eigenvalue weighted by Crippen LogP contribution is -2.40. The van der Waals surface area contributed by atoms with Crippen LogP contribution < -0.4 is 10.2 Å². The number of amides is 2. The van der Waals surface area contributed by atoms with Crippen LogP contribution in [0.15, 0.2) is 18.2 Å². The van der Waals surface area contributed by atoms with E-state index in [-0.39, 0.29) is 0 Å². The number of carbonyl (C=O) groups is 2. The van der Waals surface area contributed by atoms with Gasteiger partial charge in [-0.25, -0.2) is 4.79 Å². The molecule has 2 amide bonds.